The summed E-state index contributed by atoms with van der Waals surface area (Å²) in [6.07, 6.45) is 15.9. The molecule has 15 heavy (non-hydrogen) atoms. The predicted molar refractivity (Wildman–Crippen MR) is 75.7 cm³/mol. The molecular formula is C13H29ClGe. The van der Waals surface area contributed by atoms with Crippen molar-refractivity contribution in [1.29, 1.82) is 0 Å². The van der Waals surface area contributed by atoms with Gasteiger partial charge in [0.25, 0.3) is 0 Å². The summed E-state index contributed by atoms with van der Waals surface area (Å²) in [6.45, 7) is 2.28. The van der Waals surface area contributed by atoms with Gasteiger partial charge in [-0.25, -0.2) is 0 Å². The van der Waals surface area contributed by atoms with Gasteiger partial charge in [0.05, 0.1) is 0 Å². The Labute approximate surface area is 107 Å². The average molecular weight is 293 g/mol. The summed E-state index contributed by atoms with van der Waals surface area (Å²) in [5.74, 6) is 0. The molecule has 0 N–H and O–H groups in total. The first-order valence-electron chi connectivity index (χ1n) is 6.97. The number of hydrogen-bond donors (Lipinski definition) is 0. The molecule has 0 saturated heterocycles. The normalized spacial score (nSPS) is 11.6. The molecule has 0 heterocycles. The first-order chi connectivity index (χ1) is 7.41. The summed E-state index contributed by atoms with van der Waals surface area (Å²) < 4.78 is 0. The van der Waals surface area contributed by atoms with E-state index < -0.39 is 14.5 Å². The topological polar surface area (TPSA) is 0 Å². The molecule has 0 aromatic heterocycles. The second-order valence-electron chi connectivity index (χ2n) is 4.58. The molecule has 0 atom stereocenters. The number of hydrogen-bond acceptors (Lipinski definition) is 0. The van der Waals surface area contributed by atoms with E-state index in [1.807, 2.05) is 0 Å². The van der Waals surface area contributed by atoms with Crippen LogP contribution >= 0.6 is 10.0 Å². The molecule has 0 radical (unpaired) electrons. The molecule has 0 amide bonds. The van der Waals surface area contributed by atoms with Gasteiger partial charge < -0.3 is 0 Å². The van der Waals surface area contributed by atoms with Crippen LogP contribution in [0.1, 0.15) is 77.6 Å². The van der Waals surface area contributed by atoms with Gasteiger partial charge in [-0.1, -0.05) is 6.92 Å². The SMILES string of the molecule is CCCCCCCCCCCC[CH2][GeH2][Cl]. The van der Waals surface area contributed by atoms with Crippen molar-refractivity contribution in [2.45, 2.75) is 82.8 Å². The molecule has 0 bridgehead atoms. The first-order valence-corrected chi connectivity index (χ1v) is 13.0. The molecule has 92 valence electrons. The summed E-state index contributed by atoms with van der Waals surface area (Å²) in [5.41, 5.74) is 0. The standard InChI is InChI=1S/C13H29ClGe/c1-2-3-4-5-6-7-8-9-10-11-12-13-15-14/h2-13,15H2,1H3. The second kappa shape index (κ2) is 14.8. The van der Waals surface area contributed by atoms with Crippen LogP contribution < -0.4 is 0 Å². The summed E-state index contributed by atoms with van der Waals surface area (Å²) in [5, 5.41) is 1.39. The number of rotatable bonds is 12. The summed E-state index contributed by atoms with van der Waals surface area (Å²) in [4.78, 5) is 0. The molecule has 0 unspecified atom stereocenters. The molecule has 0 nitrogen and oxygen atoms in total. The number of halogens is 1. The van der Waals surface area contributed by atoms with Gasteiger partial charge in [0.15, 0.2) is 0 Å². The Morgan fingerprint density at radius 1 is 0.667 bits per heavy atom. The average Bonchev–Trinajstić information content (AvgIpc) is 2.26. The van der Waals surface area contributed by atoms with Crippen LogP contribution in [0.2, 0.25) is 5.25 Å². The Balaban J connectivity index is 2.81. The molecule has 0 fully saturated rings. The van der Waals surface area contributed by atoms with Crippen LogP contribution in [-0.2, 0) is 0 Å². The van der Waals surface area contributed by atoms with Crippen LogP contribution in [0.25, 0.3) is 0 Å². The van der Waals surface area contributed by atoms with Crippen molar-refractivity contribution < 1.29 is 0 Å². The second-order valence-corrected chi connectivity index (χ2v) is 8.82. The van der Waals surface area contributed by atoms with Gasteiger partial charge in [0, 0.05) is 0 Å². The molecule has 0 aromatic carbocycles. The minimum atomic E-state index is -0.525. The van der Waals surface area contributed by atoms with Crippen LogP contribution in [-0.4, -0.2) is 14.5 Å². The van der Waals surface area contributed by atoms with E-state index in [1.165, 1.54) is 75.9 Å². The molecule has 0 saturated carbocycles. The predicted octanol–water partition coefficient (Wildman–Crippen LogP) is 5.04. The van der Waals surface area contributed by atoms with Gasteiger partial charge in [-0.3, -0.25) is 0 Å². The molecule has 2 heteroatoms. The van der Waals surface area contributed by atoms with Crippen LogP contribution in [0.3, 0.4) is 0 Å². The first kappa shape index (κ1) is 15.8. The van der Waals surface area contributed by atoms with Crippen molar-refractivity contribution in [3.8, 4) is 0 Å². The van der Waals surface area contributed by atoms with Gasteiger partial charge in [-0.15, -0.1) is 0 Å². The van der Waals surface area contributed by atoms with Crippen LogP contribution in [0.4, 0.5) is 0 Å². The number of unbranched alkanes of at least 4 members (excludes halogenated alkanes) is 10. The molecule has 0 aliphatic heterocycles. The van der Waals surface area contributed by atoms with E-state index in [1.54, 1.807) is 0 Å². The van der Waals surface area contributed by atoms with E-state index >= 15 is 0 Å². The molecular weight excluding hydrogens is 264 g/mol. The fourth-order valence-electron chi connectivity index (χ4n) is 1.94. The van der Waals surface area contributed by atoms with E-state index in [0.29, 0.717) is 0 Å². The fourth-order valence-corrected chi connectivity index (χ4v) is 4.06. The Morgan fingerprint density at radius 2 is 1.07 bits per heavy atom. The van der Waals surface area contributed by atoms with E-state index in [9.17, 15) is 0 Å². The van der Waals surface area contributed by atoms with Crippen molar-refractivity contribution >= 4 is 24.5 Å². The van der Waals surface area contributed by atoms with Crippen molar-refractivity contribution in [1.82, 2.24) is 0 Å². The van der Waals surface area contributed by atoms with Crippen molar-refractivity contribution in [3.05, 3.63) is 0 Å². The van der Waals surface area contributed by atoms with Gasteiger partial charge in [0.2, 0.25) is 0 Å². The zero-order valence-electron chi connectivity index (χ0n) is 10.6. The zero-order chi connectivity index (χ0) is 11.2. The van der Waals surface area contributed by atoms with Crippen LogP contribution in [0.15, 0.2) is 0 Å². The Kier molecular flexibility index (Phi) is 15.7. The summed E-state index contributed by atoms with van der Waals surface area (Å²) in [7, 11) is 5.81. The zero-order valence-corrected chi connectivity index (χ0v) is 14.3. The molecule has 0 aliphatic carbocycles. The van der Waals surface area contributed by atoms with Gasteiger partial charge in [-0.05, 0) is 0 Å². The Morgan fingerprint density at radius 3 is 1.47 bits per heavy atom. The maximum atomic E-state index is 5.81. The van der Waals surface area contributed by atoms with E-state index in [2.05, 4.69) is 6.92 Å². The molecule has 0 spiro atoms. The molecule has 0 aromatic rings. The molecule has 0 aliphatic rings. The Hall–Kier alpha value is 0.833. The van der Waals surface area contributed by atoms with Crippen molar-refractivity contribution in [3.63, 3.8) is 0 Å². The summed E-state index contributed by atoms with van der Waals surface area (Å²) >= 11 is -0.525. The monoisotopic (exact) mass is 294 g/mol. The minimum absolute atomic E-state index is 0.525. The van der Waals surface area contributed by atoms with E-state index in [4.69, 9.17) is 10.0 Å². The van der Waals surface area contributed by atoms with Gasteiger partial charge in [0.1, 0.15) is 0 Å². The van der Waals surface area contributed by atoms with Crippen LogP contribution in [0.5, 0.6) is 0 Å². The molecule has 0 rings (SSSR count). The quantitative estimate of drug-likeness (QED) is 0.349. The van der Waals surface area contributed by atoms with E-state index in [0.717, 1.165) is 0 Å². The third-order valence-corrected chi connectivity index (χ3v) is 5.99. The third kappa shape index (κ3) is 14.8. The Bertz CT molecular complexity index is 94.7. The van der Waals surface area contributed by atoms with Crippen LogP contribution in [0, 0.1) is 0 Å². The van der Waals surface area contributed by atoms with Crippen molar-refractivity contribution in [2.24, 2.45) is 0 Å². The van der Waals surface area contributed by atoms with E-state index in [-0.39, 0.29) is 0 Å². The van der Waals surface area contributed by atoms with Crippen molar-refractivity contribution in [2.75, 3.05) is 0 Å². The fraction of sp³-hybridized carbons (Fsp3) is 1.00. The van der Waals surface area contributed by atoms with Gasteiger partial charge >= 0.3 is 100 Å². The maximum absolute atomic E-state index is 5.81. The van der Waals surface area contributed by atoms with Gasteiger partial charge in [-0.2, -0.15) is 0 Å². The summed E-state index contributed by atoms with van der Waals surface area (Å²) in [6, 6.07) is 0. The third-order valence-electron chi connectivity index (χ3n) is 2.99.